The number of rotatable bonds is 13. The van der Waals surface area contributed by atoms with Gasteiger partial charge in [-0.3, -0.25) is 4.79 Å². The number of fused-ring (bicyclic) bond motifs is 1. The summed E-state index contributed by atoms with van der Waals surface area (Å²) in [5.41, 5.74) is 3.65. The van der Waals surface area contributed by atoms with E-state index in [2.05, 4.69) is 0 Å². The van der Waals surface area contributed by atoms with Gasteiger partial charge in [-0.2, -0.15) is 0 Å². The number of hydrogen-bond acceptors (Lipinski definition) is 6. The van der Waals surface area contributed by atoms with Crippen molar-refractivity contribution in [2.75, 3.05) is 31.2 Å². The summed E-state index contributed by atoms with van der Waals surface area (Å²) < 4.78 is 17.4. The molecule has 2 N–H and O–H groups in total. The Kier molecular flexibility index (Phi) is 9.45. The van der Waals surface area contributed by atoms with Crippen LogP contribution in [0.15, 0.2) is 66.7 Å². The van der Waals surface area contributed by atoms with Gasteiger partial charge in [-0.1, -0.05) is 54.1 Å². The maximum atomic E-state index is 11.7. The Bertz CT molecular complexity index is 1290. The molecule has 1 atom stereocenters. The summed E-state index contributed by atoms with van der Waals surface area (Å²) in [4.78, 5) is 24.5. The molecular weight excluding hydrogens is 498 g/mol. The number of para-hydroxylation sites is 1. The van der Waals surface area contributed by atoms with Crippen LogP contribution in [-0.4, -0.2) is 54.6 Å². The minimum atomic E-state index is -1.06. The summed E-state index contributed by atoms with van der Waals surface area (Å²) in [6.45, 7) is 3.75. The van der Waals surface area contributed by atoms with Gasteiger partial charge in [-0.05, 0) is 49.2 Å². The van der Waals surface area contributed by atoms with Gasteiger partial charge in [0.15, 0.2) is 5.75 Å². The van der Waals surface area contributed by atoms with Crippen molar-refractivity contribution in [1.29, 1.82) is 0 Å². The maximum absolute atomic E-state index is 11.7. The van der Waals surface area contributed by atoms with Crippen molar-refractivity contribution in [2.45, 2.75) is 32.3 Å². The first-order chi connectivity index (χ1) is 18.9. The zero-order valence-corrected chi connectivity index (χ0v) is 21.9. The first-order valence-corrected chi connectivity index (χ1v) is 13.0. The molecule has 0 radical (unpaired) electrons. The van der Waals surface area contributed by atoms with Crippen LogP contribution in [0.5, 0.6) is 17.2 Å². The molecule has 0 aromatic heterocycles. The molecular formula is C31H33NO7. The van der Waals surface area contributed by atoms with Gasteiger partial charge in [0.05, 0.1) is 25.4 Å². The topological polar surface area (TPSA) is 106 Å². The number of carbonyl (C=O) groups is 2. The quantitative estimate of drug-likeness (QED) is 0.219. The van der Waals surface area contributed by atoms with Crippen LogP contribution < -0.4 is 19.1 Å². The van der Waals surface area contributed by atoms with Crippen LogP contribution in [0.3, 0.4) is 0 Å². The van der Waals surface area contributed by atoms with E-state index in [4.69, 9.17) is 19.3 Å². The van der Waals surface area contributed by atoms with E-state index in [9.17, 15) is 14.7 Å². The third-order valence-electron chi connectivity index (χ3n) is 6.29. The van der Waals surface area contributed by atoms with Crippen molar-refractivity contribution < 1.29 is 34.0 Å². The molecule has 4 rings (SSSR count). The predicted molar refractivity (Wildman–Crippen MR) is 150 cm³/mol. The number of carboxylic acid groups (broad SMARTS) is 2. The fourth-order valence-electron chi connectivity index (χ4n) is 4.22. The zero-order chi connectivity index (χ0) is 27.6. The molecule has 0 spiro atoms. The van der Waals surface area contributed by atoms with Gasteiger partial charge in [0.2, 0.25) is 6.10 Å². The molecule has 0 saturated carbocycles. The SMILES string of the molecule is Cc1ccc(OCCCOc2ccc(/C=C/c3cccc4c3OC(C(=O)O)CN4CCCC(=O)O)cc2)cc1. The molecule has 1 aliphatic heterocycles. The monoisotopic (exact) mass is 531 g/mol. The molecule has 8 nitrogen and oxygen atoms in total. The lowest BCUT2D eigenvalue weighted by atomic mass is 10.1. The van der Waals surface area contributed by atoms with Crippen molar-refractivity contribution in [2.24, 2.45) is 0 Å². The molecule has 0 aliphatic carbocycles. The lowest BCUT2D eigenvalue weighted by Gasteiger charge is -2.35. The van der Waals surface area contributed by atoms with Gasteiger partial charge < -0.3 is 29.3 Å². The Hall–Kier alpha value is -4.46. The third-order valence-corrected chi connectivity index (χ3v) is 6.29. The van der Waals surface area contributed by atoms with Crippen LogP contribution in [0, 0.1) is 6.92 Å². The van der Waals surface area contributed by atoms with E-state index >= 15 is 0 Å². The molecule has 0 fully saturated rings. The van der Waals surface area contributed by atoms with Gasteiger partial charge in [-0.25, -0.2) is 4.79 Å². The lowest BCUT2D eigenvalue weighted by molar-refractivity contribution is -0.145. The number of nitrogens with zero attached hydrogens (tertiary/aromatic N) is 1. The number of anilines is 1. The first-order valence-electron chi connectivity index (χ1n) is 13.0. The van der Waals surface area contributed by atoms with Gasteiger partial charge in [0.25, 0.3) is 0 Å². The third kappa shape index (κ3) is 8.01. The van der Waals surface area contributed by atoms with E-state index < -0.39 is 18.0 Å². The molecule has 39 heavy (non-hydrogen) atoms. The number of carboxylic acids is 2. The normalized spacial score (nSPS) is 14.5. The fourth-order valence-corrected chi connectivity index (χ4v) is 4.22. The van der Waals surface area contributed by atoms with E-state index in [0.717, 1.165) is 34.7 Å². The van der Waals surface area contributed by atoms with E-state index in [1.54, 1.807) is 0 Å². The van der Waals surface area contributed by atoms with Crippen molar-refractivity contribution in [3.63, 3.8) is 0 Å². The molecule has 3 aromatic carbocycles. The fraction of sp³-hybridized carbons (Fsp3) is 0.290. The molecule has 3 aromatic rings. The zero-order valence-electron chi connectivity index (χ0n) is 21.9. The van der Waals surface area contributed by atoms with Gasteiger partial charge >= 0.3 is 11.9 Å². The summed E-state index contributed by atoms with van der Waals surface area (Å²) in [5.74, 6) is 0.171. The summed E-state index contributed by atoms with van der Waals surface area (Å²) in [5, 5.41) is 18.6. The lowest BCUT2D eigenvalue weighted by Crippen LogP contribution is -2.45. The van der Waals surface area contributed by atoms with Crippen LogP contribution in [0.4, 0.5) is 5.69 Å². The Morgan fingerprint density at radius 1 is 0.923 bits per heavy atom. The Morgan fingerprint density at radius 3 is 2.23 bits per heavy atom. The molecule has 0 bridgehead atoms. The number of benzene rings is 3. The van der Waals surface area contributed by atoms with Crippen LogP contribution in [-0.2, 0) is 9.59 Å². The Morgan fingerprint density at radius 2 is 1.59 bits per heavy atom. The highest BCUT2D eigenvalue weighted by Crippen LogP contribution is 2.38. The summed E-state index contributed by atoms with van der Waals surface area (Å²) >= 11 is 0. The largest absolute Gasteiger partial charge is 0.493 e. The molecule has 204 valence electrons. The van der Waals surface area contributed by atoms with E-state index in [0.29, 0.717) is 31.9 Å². The van der Waals surface area contributed by atoms with Gasteiger partial charge in [0.1, 0.15) is 11.5 Å². The number of aryl methyl sites for hydroxylation is 1. The Balaban J connectivity index is 1.34. The number of aliphatic carboxylic acids is 2. The van der Waals surface area contributed by atoms with E-state index in [-0.39, 0.29) is 13.0 Å². The number of ether oxygens (including phenoxy) is 3. The van der Waals surface area contributed by atoms with Crippen LogP contribution in [0.2, 0.25) is 0 Å². The molecule has 0 saturated heterocycles. The molecule has 1 heterocycles. The first kappa shape index (κ1) is 27.6. The molecule has 1 unspecified atom stereocenters. The van der Waals surface area contributed by atoms with Crippen LogP contribution in [0.25, 0.3) is 12.2 Å². The molecule has 8 heteroatoms. The van der Waals surface area contributed by atoms with Crippen LogP contribution in [0.1, 0.15) is 36.0 Å². The van der Waals surface area contributed by atoms with E-state index in [1.807, 2.05) is 90.7 Å². The second kappa shape index (κ2) is 13.4. The molecule has 1 aliphatic rings. The maximum Gasteiger partial charge on any atom is 0.346 e. The summed E-state index contributed by atoms with van der Waals surface area (Å²) in [6.07, 6.45) is 3.98. The second-order valence-electron chi connectivity index (χ2n) is 9.35. The van der Waals surface area contributed by atoms with Crippen LogP contribution >= 0.6 is 0 Å². The Labute approximate surface area is 228 Å². The highest BCUT2D eigenvalue weighted by molar-refractivity contribution is 5.81. The van der Waals surface area contributed by atoms with Gasteiger partial charge in [0, 0.05) is 24.9 Å². The summed E-state index contributed by atoms with van der Waals surface area (Å²) in [7, 11) is 0. The van der Waals surface area contributed by atoms with Crippen molar-refractivity contribution >= 4 is 29.8 Å². The number of hydrogen-bond donors (Lipinski definition) is 2. The average Bonchev–Trinajstić information content (AvgIpc) is 2.93. The van der Waals surface area contributed by atoms with Crippen molar-refractivity contribution in [3.8, 4) is 17.2 Å². The summed E-state index contributed by atoms with van der Waals surface area (Å²) in [6, 6.07) is 21.3. The standard InChI is InChI=1S/C31H33NO7/c1-22-8-14-25(15-9-22)37-19-4-20-38-26-16-11-23(12-17-26)10-13-24-5-2-6-27-30(24)39-28(31(35)36)21-32(27)18-3-7-29(33)34/h2,5-6,8-17,28H,3-4,7,18-21H2,1H3,(H,33,34)(H,35,36)/b13-10+. The predicted octanol–water partition coefficient (Wildman–Crippen LogP) is 5.53. The smallest absolute Gasteiger partial charge is 0.346 e. The minimum absolute atomic E-state index is 0.0188. The van der Waals surface area contributed by atoms with Crippen molar-refractivity contribution in [1.82, 2.24) is 0 Å². The van der Waals surface area contributed by atoms with Gasteiger partial charge in [-0.15, -0.1) is 0 Å². The second-order valence-corrected chi connectivity index (χ2v) is 9.35. The highest BCUT2D eigenvalue weighted by atomic mass is 16.5. The average molecular weight is 532 g/mol. The van der Waals surface area contributed by atoms with Crippen molar-refractivity contribution in [3.05, 3.63) is 83.4 Å². The molecule has 0 amide bonds. The van der Waals surface area contributed by atoms with E-state index in [1.165, 1.54) is 5.56 Å². The highest BCUT2D eigenvalue weighted by Gasteiger charge is 2.31. The minimum Gasteiger partial charge on any atom is -0.493 e.